The van der Waals surface area contributed by atoms with Gasteiger partial charge in [0.15, 0.2) is 5.82 Å². The number of nitriles is 1. The Kier molecular flexibility index (Phi) is 10.7. The van der Waals surface area contributed by atoms with Crippen molar-refractivity contribution in [2.24, 2.45) is 0 Å². The third-order valence-corrected chi connectivity index (χ3v) is 4.25. The number of nitrogens with one attached hydrogen (secondary N) is 1. The summed E-state index contributed by atoms with van der Waals surface area (Å²) in [6, 6.07) is 7.14. The van der Waals surface area contributed by atoms with Gasteiger partial charge in [-0.05, 0) is 42.5 Å². The minimum absolute atomic E-state index is 0.0819. The highest BCUT2D eigenvalue weighted by molar-refractivity contribution is 5.71. The molecule has 0 aliphatic heterocycles. The average Bonchev–Trinajstić information content (AvgIpc) is 3.16. The van der Waals surface area contributed by atoms with Gasteiger partial charge in [0, 0.05) is 30.6 Å². The largest absolute Gasteiger partial charge is 0.479 e. The van der Waals surface area contributed by atoms with E-state index in [1.807, 2.05) is 18.2 Å². The summed E-state index contributed by atoms with van der Waals surface area (Å²) < 4.78 is 1.36. The number of carbonyl (C=O) groups is 1. The van der Waals surface area contributed by atoms with E-state index in [9.17, 15) is 19.7 Å². The zero-order chi connectivity index (χ0) is 25.8. The molecule has 0 bridgehead atoms. The number of aliphatic hydroxyl groups is 2. The highest BCUT2D eigenvalue weighted by Crippen LogP contribution is 2.20. The SMILES string of the molecule is CC(O)C(=O)O.Cc1[nH]c(=O)c(C#N)cc1-c1ccncc1.Cc1ncc([N+](=O)[O-])n1CCO. The summed E-state index contributed by atoms with van der Waals surface area (Å²) in [7, 11) is 0. The number of aliphatic hydroxyl groups excluding tert-OH is 2. The molecule has 1 atom stereocenters. The van der Waals surface area contributed by atoms with Crippen molar-refractivity contribution in [1.82, 2.24) is 19.5 Å². The maximum atomic E-state index is 11.4. The van der Waals surface area contributed by atoms with Crippen LogP contribution in [0.15, 0.2) is 41.6 Å². The Hall–Kier alpha value is -4.41. The van der Waals surface area contributed by atoms with Crippen LogP contribution in [0.3, 0.4) is 0 Å². The molecule has 3 heterocycles. The lowest BCUT2D eigenvalue weighted by Gasteiger charge is -2.05. The van der Waals surface area contributed by atoms with Gasteiger partial charge in [-0.25, -0.2) is 14.3 Å². The van der Waals surface area contributed by atoms with Crippen molar-refractivity contribution >= 4 is 11.8 Å². The van der Waals surface area contributed by atoms with Crippen molar-refractivity contribution in [3.8, 4) is 17.2 Å². The lowest BCUT2D eigenvalue weighted by molar-refractivity contribution is -0.392. The first-order chi connectivity index (χ1) is 16.0. The van der Waals surface area contributed by atoms with E-state index in [2.05, 4.69) is 15.0 Å². The third kappa shape index (κ3) is 7.93. The van der Waals surface area contributed by atoms with Crippen molar-refractivity contribution in [2.45, 2.75) is 33.4 Å². The van der Waals surface area contributed by atoms with Gasteiger partial charge in [0.2, 0.25) is 0 Å². The van der Waals surface area contributed by atoms with E-state index in [0.717, 1.165) is 16.8 Å². The van der Waals surface area contributed by atoms with E-state index in [1.54, 1.807) is 32.3 Å². The number of carboxylic acid groups (broad SMARTS) is 1. The number of nitro groups is 1. The van der Waals surface area contributed by atoms with E-state index in [1.165, 1.54) is 17.7 Å². The summed E-state index contributed by atoms with van der Waals surface area (Å²) >= 11 is 0. The lowest BCUT2D eigenvalue weighted by Crippen LogP contribution is -2.13. The third-order valence-electron chi connectivity index (χ3n) is 4.25. The Morgan fingerprint density at radius 2 is 1.94 bits per heavy atom. The highest BCUT2D eigenvalue weighted by Gasteiger charge is 2.15. The fraction of sp³-hybridized carbons (Fsp3) is 0.286. The Morgan fingerprint density at radius 1 is 1.35 bits per heavy atom. The van der Waals surface area contributed by atoms with Gasteiger partial charge in [0.05, 0.1) is 6.61 Å². The number of imidazole rings is 1. The molecule has 0 saturated heterocycles. The van der Waals surface area contributed by atoms with Gasteiger partial charge in [0.1, 0.15) is 30.5 Å². The molecule has 3 aromatic heterocycles. The molecule has 13 heteroatoms. The molecule has 0 fully saturated rings. The average molecular weight is 472 g/mol. The quantitative estimate of drug-likeness (QED) is 0.307. The molecule has 0 saturated carbocycles. The molecular weight excluding hydrogens is 448 g/mol. The van der Waals surface area contributed by atoms with Crippen LogP contribution >= 0.6 is 0 Å². The number of nitrogens with zero attached hydrogens (tertiary/aromatic N) is 5. The zero-order valence-corrected chi connectivity index (χ0v) is 18.7. The topological polar surface area (TPSA) is 208 Å². The molecule has 1 unspecified atom stereocenters. The lowest BCUT2D eigenvalue weighted by atomic mass is 10.0. The second-order valence-corrected chi connectivity index (χ2v) is 6.71. The van der Waals surface area contributed by atoms with E-state index in [0.29, 0.717) is 5.82 Å². The van der Waals surface area contributed by atoms with E-state index in [4.69, 9.17) is 20.6 Å². The number of H-pyrrole nitrogens is 1. The van der Waals surface area contributed by atoms with Gasteiger partial charge >= 0.3 is 11.8 Å². The maximum Gasteiger partial charge on any atom is 0.342 e. The summed E-state index contributed by atoms with van der Waals surface area (Å²) in [6.07, 6.45) is 3.30. The fourth-order valence-corrected chi connectivity index (χ4v) is 2.52. The number of aromatic amines is 1. The van der Waals surface area contributed by atoms with E-state index >= 15 is 0 Å². The van der Waals surface area contributed by atoms with E-state index in [-0.39, 0.29) is 30.1 Å². The molecule has 0 radical (unpaired) electrons. The molecule has 4 N–H and O–H groups in total. The first kappa shape index (κ1) is 27.6. The number of pyridine rings is 2. The van der Waals surface area contributed by atoms with Crippen LogP contribution in [0.25, 0.3) is 11.1 Å². The second kappa shape index (κ2) is 13.2. The van der Waals surface area contributed by atoms with Gasteiger partial charge in [-0.3, -0.25) is 9.78 Å². The van der Waals surface area contributed by atoms with Crippen LogP contribution < -0.4 is 5.56 Å². The Morgan fingerprint density at radius 3 is 2.41 bits per heavy atom. The standard InChI is InChI=1S/C12H9N3O.C6H9N3O3.C3H6O3/c1-8-11(9-2-4-14-5-3-9)6-10(7-13)12(16)15-8;1-5-7-4-6(9(11)12)8(5)2-3-10;1-2(4)3(5)6/h2-6H,1H3,(H,15,16);4,10H,2-3H2,1H3;2,4H,1H3,(H,5,6). The Balaban J connectivity index is 0.000000284. The molecule has 13 nitrogen and oxygen atoms in total. The second-order valence-electron chi connectivity index (χ2n) is 6.71. The predicted octanol–water partition coefficient (Wildman–Crippen LogP) is 1.16. The number of hydrogen-bond donors (Lipinski definition) is 4. The number of aromatic nitrogens is 4. The van der Waals surface area contributed by atoms with Crippen LogP contribution in [-0.4, -0.2) is 58.4 Å². The number of hydrogen-bond acceptors (Lipinski definition) is 9. The molecule has 0 aliphatic rings. The molecule has 0 aromatic carbocycles. The van der Waals surface area contributed by atoms with Gasteiger partial charge in [-0.2, -0.15) is 5.26 Å². The number of carboxylic acids is 1. The molecular formula is C21H24N6O7. The maximum absolute atomic E-state index is 11.4. The summed E-state index contributed by atoms with van der Waals surface area (Å²) in [6.45, 7) is 4.74. The number of aliphatic carboxylic acids is 1. The summed E-state index contributed by atoms with van der Waals surface area (Å²) in [5, 5.41) is 43.5. The van der Waals surface area contributed by atoms with Crippen LogP contribution in [0, 0.1) is 35.3 Å². The fourth-order valence-electron chi connectivity index (χ4n) is 2.52. The first-order valence-corrected chi connectivity index (χ1v) is 9.76. The number of rotatable bonds is 5. The first-order valence-electron chi connectivity index (χ1n) is 9.76. The summed E-state index contributed by atoms with van der Waals surface area (Å²) in [5.41, 5.74) is 2.30. The van der Waals surface area contributed by atoms with Crippen molar-refractivity contribution in [1.29, 1.82) is 5.26 Å². The molecule has 0 aliphatic carbocycles. The number of aryl methyl sites for hydroxylation is 2. The molecule has 180 valence electrons. The van der Waals surface area contributed by atoms with E-state index < -0.39 is 17.0 Å². The van der Waals surface area contributed by atoms with Crippen molar-refractivity contribution in [3.05, 3.63) is 74.3 Å². The van der Waals surface area contributed by atoms with Crippen molar-refractivity contribution < 1.29 is 25.0 Å². The minimum Gasteiger partial charge on any atom is -0.479 e. The Bertz CT molecular complexity index is 1210. The summed E-state index contributed by atoms with van der Waals surface area (Å²) in [4.78, 5) is 41.0. The van der Waals surface area contributed by atoms with Gasteiger partial charge < -0.3 is 30.4 Å². The molecule has 34 heavy (non-hydrogen) atoms. The van der Waals surface area contributed by atoms with Crippen LogP contribution in [0.5, 0.6) is 0 Å². The smallest absolute Gasteiger partial charge is 0.342 e. The predicted molar refractivity (Wildman–Crippen MR) is 120 cm³/mol. The zero-order valence-electron chi connectivity index (χ0n) is 18.7. The van der Waals surface area contributed by atoms with Crippen LogP contribution in [0.1, 0.15) is 24.0 Å². The van der Waals surface area contributed by atoms with Gasteiger partial charge in [-0.15, -0.1) is 0 Å². The van der Waals surface area contributed by atoms with Gasteiger partial charge in [-0.1, -0.05) is 0 Å². The molecule has 0 spiro atoms. The van der Waals surface area contributed by atoms with Crippen molar-refractivity contribution in [2.75, 3.05) is 6.61 Å². The highest BCUT2D eigenvalue weighted by atomic mass is 16.6. The molecule has 3 aromatic rings. The molecule has 3 rings (SSSR count). The minimum atomic E-state index is -1.23. The Labute approximate surface area is 193 Å². The van der Waals surface area contributed by atoms with Crippen LogP contribution in [0.4, 0.5) is 5.82 Å². The van der Waals surface area contributed by atoms with Crippen molar-refractivity contribution in [3.63, 3.8) is 0 Å². The van der Waals surface area contributed by atoms with Crippen LogP contribution in [0.2, 0.25) is 0 Å². The normalized spacial score (nSPS) is 10.6. The van der Waals surface area contributed by atoms with Crippen LogP contribution in [-0.2, 0) is 11.3 Å². The molecule has 0 amide bonds. The van der Waals surface area contributed by atoms with Gasteiger partial charge in [0.25, 0.3) is 5.56 Å². The summed E-state index contributed by atoms with van der Waals surface area (Å²) in [5.74, 6) is -0.729. The monoisotopic (exact) mass is 472 g/mol.